The van der Waals surface area contributed by atoms with Crippen LogP contribution in [0.3, 0.4) is 0 Å². The van der Waals surface area contributed by atoms with Crippen LogP contribution in [0.5, 0.6) is 0 Å². The zero-order valence-corrected chi connectivity index (χ0v) is 11.7. The second kappa shape index (κ2) is 9.18. The Morgan fingerprint density at radius 3 is 1.62 bits per heavy atom. The summed E-state index contributed by atoms with van der Waals surface area (Å²) in [6, 6.07) is 0. The average molecular weight is 324 g/mol. The first-order valence-electron chi connectivity index (χ1n) is 5.66. The first-order valence-corrected chi connectivity index (χ1v) is 6.07. The number of aliphatic hydroxyl groups excluding tert-OH is 1. The third-order valence-electron chi connectivity index (χ3n) is 2.26. The van der Waals surface area contributed by atoms with E-state index in [0.717, 1.165) is 9.80 Å². The Morgan fingerprint density at radius 1 is 0.857 bits per heavy atom. The molecule has 0 aromatic rings. The van der Waals surface area contributed by atoms with E-state index in [9.17, 15) is 14.4 Å². The second-order valence-corrected chi connectivity index (χ2v) is 4.44. The number of carbonyl (C=O) groups is 3. The maximum absolute atomic E-state index is 10.7. The van der Waals surface area contributed by atoms with Crippen molar-refractivity contribution in [3.8, 4) is 0 Å². The number of hydrogen-bond donors (Lipinski definition) is 5. The van der Waals surface area contributed by atoms with E-state index in [4.69, 9.17) is 25.5 Å². The summed E-state index contributed by atoms with van der Waals surface area (Å²) in [6.07, 6.45) is -2.04. The van der Waals surface area contributed by atoms with Crippen molar-refractivity contribution in [1.29, 1.82) is 0 Å². The molecular formula is C10H16N2O8S. The first-order chi connectivity index (χ1) is 9.63. The highest BCUT2D eigenvalue weighted by molar-refractivity contribution is 7.80. The Morgan fingerprint density at radius 2 is 1.29 bits per heavy atom. The number of carboxylic acids is 3. The molecule has 11 heteroatoms. The minimum atomic E-state index is -2.04. The zero-order valence-electron chi connectivity index (χ0n) is 10.9. The lowest BCUT2D eigenvalue weighted by molar-refractivity contribution is -0.142. The van der Waals surface area contributed by atoms with Crippen LogP contribution < -0.4 is 0 Å². The summed E-state index contributed by atoms with van der Waals surface area (Å²) in [5, 5.41) is 43.9. The summed E-state index contributed by atoms with van der Waals surface area (Å²) >= 11 is 4.66. The third-order valence-corrected chi connectivity index (χ3v) is 2.73. The van der Waals surface area contributed by atoms with Crippen LogP contribution in [0.4, 0.5) is 0 Å². The van der Waals surface area contributed by atoms with Gasteiger partial charge in [0, 0.05) is 13.1 Å². The van der Waals surface area contributed by atoms with Gasteiger partial charge < -0.3 is 30.4 Å². The van der Waals surface area contributed by atoms with Gasteiger partial charge in [0.25, 0.3) is 0 Å². The molecule has 0 bridgehead atoms. The number of aliphatic carboxylic acids is 3. The molecule has 120 valence electrons. The molecule has 0 saturated carbocycles. The van der Waals surface area contributed by atoms with Crippen molar-refractivity contribution in [2.45, 2.75) is 6.29 Å². The van der Waals surface area contributed by atoms with Gasteiger partial charge in [0.15, 0.2) is 0 Å². The summed E-state index contributed by atoms with van der Waals surface area (Å²) in [5.41, 5.74) is 0. The van der Waals surface area contributed by atoms with E-state index >= 15 is 0 Å². The number of nitrogens with zero attached hydrogens (tertiary/aromatic N) is 2. The third kappa shape index (κ3) is 8.86. The number of rotatable bonds is 10. The van der Waals surface area contributed by atoms with Crippen LogP contribution in [0.2, 0.25) is 0 Å². The van der Waals surface area contributed by atoms with Crippen molar-refractivity contribution in [3.05, 3.63) is 0 Å². The molecule has 0 aliphatic carbocycles. The van der Waals surface area contributed by atoms with Crippen molar-refractivity contribution >= 4 is 35.1 Å². The molecule has 0 amide bonds. The van der Waals surface area contributed by atoms with Gasteiger partial charge in [-0.25, -0.2) is 0 Å². The van der Waals surface area contributed by atoms with Crippen molar-refractivity contribution < 1.29 is 39.9 Å². The van der Waals surface area contributed by atoms with E-state index in [1.54, 1.807) is 0 Å². The van der Waals surface area contributed by atoms with E-state index < -0.39 is 48.8 Å². The molecule has 0 aliphatic rings. The first kappa shape index (κ1) is 19.2. The fourth-order valence-corrected chi connectivity index (χ4v) is 1.61. The van der Waals surface area contributed by atoms with Crippen LogP contribution in [0.25, 0.3) is 0 Å². The van der Waals surface area contributed by atoms with Crippen LogP contribution in [-0.4, -0.2) is 97.2 Å². The molecule has 0 fully saturated rings. The standard InChI is InChI=1S/C10H16N2O8S/c13-6(14)3-11(4-7(15)16)1-2-12(5-8(17)18)9(21)10(19)20/h10,19-20H,1-5H2,(H,13,14)(H,15,16)(H,17,18). The fourth-order valence-electron chi connectivity index (χ4n) is 1.45. The molecule has 0 unspecified atom stereocenters. The molecule has 0 spiro atoms. The van der Waals surface area contributed by atoms with E-state index in [1.165, 1.54) is 0 Å². The highest BCUT2D eigenvalue weighted by Gasteiger charge is 2.21. The summed E-state index contributed by atoms with van der Waals surface area (Å²) < 4.78 is 0. The van der Waals surface area contributed by atoms with E-state index in [-0.39, 0.29) is 13.1 Å². The molecule has 21 heavy (non-hydrogen) atoms. The highest BCUT2D eigenvalue weighted by atomic mass is 32.1. The van der Waals surface area contributed by atoms with E-state index in [1.807, 2.05) is 0 Å². The minimum absolute atomic E-state index is 0.126. The highest BCUT2D eigenvalue weighted by Crippen LogP contribution is 1.99. The van der Waals surface area contributed by atoms with Crippen LogP contribution in [-0.2, 0) is 14.4 Å². The van der Waals surface area contributed by atoms with Crippen LogP contribution in [0, 0.1) is 0 Å². The maximum atomic E-state index is 10.7. The normalized spacial score (nSPS) is 10.7. The van der Waals surface area contributed by atoms with Crippen molar-refractivity contribution in [2.75, 3.05) is 32.7 Å². The maximum Gasteiger partial charge on any atom is 0.323 e. The van der Waals surface area contributed by atoms with E-state index in [0.29, 0.717) is 0 Å². The zero-order chi connectivity index (χ0) is 16.6. The van der Waals surface area contributed by atoms with Gasteiger partial charge in [0.05, 0.1) is 13.1 Å². The number of hydrogen-bond acceptors (Lipinski definition) is 7. The number of thiocarbonyl (C=S) groups is 1. The van der Waals surface area contributed by atoms with Crippen molar-refractivity contribution in [2.24, 2.45) is 0 Å². The number of aliphatic hydroxyl groups is 2. The van der Waals surface area contributed by atoms with Gasteiger partial charge in [-0.3, -0.25) is 19.3 Å². The molecule has 0 saturated heterocycles. The van der Waals surface area contributed by atoms with Gasteiger partial charge in [0.2, 0.25) is 6.29 Å². The minimum Gasteiger partial charge on any atom is -0.480 e. The Bertz CT molecular complexity index is 398. The monoisotopic (exact) mass is 324 g/mol. The van der Waals surface area contributed by atoms with Gasteiger partial charge >= 0.3 is 17.9 Å². The van der Waals surface area contributed by atoms with E-state index in [2.05, 4.69) is 12.2 Å². The Kier molecular flexibility index (Phi) is 8.38. The lowest BCUT2D eigenvalue weighted by atomic mass is 10.3. The molecule has 0 aromatic carbocycles. The molecule has 0 rings (SSSR count). The van der Waals surface area contributed by atoms with Gasteiger partial charge in [-0.15, -0.1) is 0 Å². The predicted octanol–water partition coefficient (Wildman–Crippen LogP) is -2.52. The van der Waals surface area contributed by atoms with Gasteiger partial charge in [-0.2, -0.15) is 0 Å². The fraction of sp³-hybridized carbons (Fsp3) is 0.600. The van der Waals surface area contributed by atoms with Gasteiger partial charge in [0.1, 0.15) is 11.5 Å². The van der Waals surface area contributed by atoms with Crippen molar-refractivity contribution in [3.63, 3.8) is 0 Å². The topological polar surface area (TPSA) is 159 Å². The predicted molar refractivity (Wildman–Crippen MR) is 71.7 cm³/mol. The molecule has 0 aliphatic heterocycles. The van der Waals surface area contributed by atoms with Crippen LogP contribution >= 0.6 is 12.2 Å². The summed E-state index contributed by atoms with van der Waals surface area (Å²) in [6.45, 7) is -2.02. The van der Waals surface area contributed by atoms with Gasteiger partial charge in [-0.05, 0) is 0 Å². The Hall–Kier alpha value is -1.82. The van der Waals surface area contributed by atoms with Crippen molar-refractivity contribution in [1.82, 2.24) is 9.80 Å². The summed E-state index contributed by atoms with van der Waals surface area (Å²) in [4.78, 5) is 33.4. The molecule has 10 nitrogen and oxygen atoms in total. The average Bonchev–Trinajstić information content (AvgIpc) is 2.31. The largest absolute Gasteiger partial charge is 0.480 e. The lowest BCUT2D eigenvalue weighted by Crippen LogP contribution is -2.46. The van der Waals surface area contributed by atoms with Crippen LogP contribution in [0.1, 0.15) is 0 Å². The molecule has 0 heterocycles. The SMILES string of the molecule is O=C(O)CN(CCN(CC(=O)O)C(=S)C(O)O)CC(=O)O. The second-order valence-electron chi connectivity index (χ2n) is 4.03. The van der Waals surface area contributed by atoms with Gasteiger partial charge in [-0.1, -0.05) is 12.2 Å². The molecule has 0 radical (unpaired) electrons. The quantitative estimate of drug-likeness (QED) is 0.213. The molecule has 0 aromatic heterocycles. The summed E-state index contributed by atoms with van der Waals surface area (Å²) in [7, 11) is 0. The lowest BCUT2D eigenvalue weighted by Gasteiger charge is -2.27. The summed E-state index contributed by atoms with van der Waals surface area (Å²) in [5.74, 6) is -3.77. The Balaban J connectivity index is 4.72. The number of carboxylic acid groups (broad SMARTS) is 3. The molecular weight excluding hydrogens is 308 g/mol. The Labute approximate surface area is 124 Å². The molecule has 0 atom stereocenters. The smallest absolute Gasteiger partial charge is 0.323 e. The van der Waals surface area contributed by atoms with Crippen LogP contribution in [0.15, 0.2) is 0 Å². The molecule has 5 N–H and O–H groups in total.